The van der Waals surface area contributed by atoms with Crippen LogP contribution in [0.15, 0.2) is 0 Å². The third kappa shape index (κ3) is 5.36. The van der Waals surface area contributed by atoms with Crippen LogP contribution in [0.25, 0.3) is 0 Å². The molecular formula is C9H6F8N2O8S2. The maximum absolute atomic E-state index is 13.3. The molecule has 0 saturated heterocycles. The lowest BCUT2D eigenvalue weighted by molar-refractivity contribution is -0.168. The van der Waals surface area contributed by atoms with Crippen LogP contribution in [-0.2, 0) is 39.6 Å². The Bertz CT molecular complexity index is 847. The first-order valence-corrected chi connectivity index (χ1v) is 8.99. The monoisotopic (exact) mass is 486 g/mol. The summed E-state index contributed by atoms with van der Waals surface area (Å²) >= 11 is 0. The fraction of sp³-hybridized carbons (Fsp3) is 0.556. The molecule has 0 aromatic heterocycles. The van der Waals surface area contributed by atoms with Gasteiger partial charge in [0.25, 0.3) is 11.8 Å². The first kappa shape index (κ1) is 26.6. The van der Waals surface area contributed by atoms with Gasteiger partial charge in [-0.15, -0.1) is 0 Å². The lowest BCUT2D eigenvalue weighted by atomic mass is 10.4. The van der Waals surface area contributed by atoms with E-state index in [-0.39, 0.29) is 0 Å². The molecule has 0 rings (SSSR count). The normalized spacial score (nSPS) is 13.0. The molecule has 0 unspecified atom stereocenters. The van der Waals surface area contributed by atoms with Crippen LogP contribution in [0.2, 0.25) is 0 Å². The van der Waals surface area contributed by atoms with Crippen LogP contribution in [0.3, 0.4) is 0 Å². The smallest absolute Gasteiger partial charge is 0.271 e. The van der Waals surface area contributed by atoms with E-state index in [1.165, 1.54) is 0 Å². The standard InChI is InChI=1S/C9H6F8N2O8S2/c10-1-4(20)18(5(21)2-11)3-19(6(22)8(12,13)28(16,24)25)7(23)9(14,15)29(17,26)27/h1-3H2. The lowest BCUT2D eigenvalue weighted by Crippen LogP contribution is -2.59. The van der Waals surface area contributed by atoms with Crippen LogP contribution in [0, 0.1) is 0 Å². The fourth-order valence-corrected chi connectivity index (χ4v) is 1.96. The molecule has 0 radical (unpaired) electrons. The highest BCUT2D eigenvalue weighted by Gasteiger charge is 2.63. The Morgan fingerprint density at radius 1 is 0.655 bits per heavy atom. The first-order chi connectivity index (χ1) is 12.8. The molecule has 10 nitrogen and oxygen atoms in total. The van der Waals surface area contributed by atoms with Gasteiger partial charge in [-0.25, -0.2) is 8.78 Å². The number of nitrogens with zero attached hydrogens (tertiary/aromatic N) is 2. The van der Waals surface area contributed by atoms with Crippen molar-refractivity contribution in [2.45, 2.75) is 10.5 Å². The summed E-state index contributed by atoms with van der Waals surface area (Å²) in [6.45, 7) is -7.27. The molecule has 0 aliphatic carbocycles. The quantitative estimate of drug-likeness (QED) is 0.251. The molecule has 0 aromatic rings. The Kier molecular flexibility index (Phi) is 7.85. The minimum Gasteiger partial charge on any atom is -0.271 e. The number of imide groups is 2. The molecule has 20 heteroatoms. The molecule has 4 amide bonds. The summed E-state index contributed by atoms with van der Waals surface area (Å²) in [4.78, 5) is 42.2. The lowest BCUT2D eigenvalue weighted by Gasteiger charge is -2.29. The van der Waals surface area contributed by atoms with Crippen molar-refractivity contribution in [3.63, 3.8) is 0 Å². The maximum Gasteiger partial charge on any atom is 0.451 e. The van der Waals surface area contributed by atoms with Crippen LogP contribution in [0.5, 0.6) is 0 Å². The van der Waals surface area contributed by atoms with E-state index in [1.54, 1.807) is 0 Å². The van der Waals surface area contributed by atoms with Gasteiger partial charge in [-0.05, 0) is 0 Å². The summed E-state index contributed by atoms with van der Waals surface area (Å²) in [7, 11) is -14.7. The fourth-order valence-electron chi connectivity index (χ4n) is 1.33. The van der Waals surface area contributed by atoms with E-state index in [4.69, 9.17) is 0 Å². The molecule has 0 bridgehead atoms. The Morgan fingerprint density at radius 3 is 1.14 bits per heavy atom. The van der Waals surface area contributed by atoms with E-state index in [9.17, 15) is 70.1 Å². The van der Waals surface area contributed by atoms with E-state index < -0.39 is 84.4 Å². The molecule has 0 aromatic carbocycles. The highest BCUT2D eigenvalue weighted by molar-refractivity contribution is 7.88. The minimum atomic E-state index is -7.35. The van der Waals surface area contributed by atoms with Crippen LogP contribution in [0.4, 0.5) is 34.1 Å². The molecule has 0 aliphatic rings. The van der Waals surface area contributed by atoms with E-state index in [0.717, 1.165) is 0 Å². The summed E-state index contributed by atoms with van der Waals surface area (Å²) in [6, 6.07) is 0. The van der Waals surface area contributed by atoms with E-state index >= 15 is 0 Å². The predicted molar refractivity (Wildman–Crippen MR) is 70.5 cm³/mol. The van der Waals surface area contributed by atoms with Crippen molar-refractivity contribution < 1.29 is 70.1 Å². The molecule has 0 fully saturated rings. The summed E-state index contributed by atoms with van der Waals surface area (Å²) in [5.74, 6) is -12.2. The topological polar surface area (TPSA) is 143 Å². The zero-order chi connectivity index (χ0) is 23.6. The second-order valence-corrected chi connectivity index (χ2v) is 7.35. The Hall–Kier alpha value is -2.38. The van der Waals surface area contributed by atoms with Gasteiger partial charge >= 0.3 is 42.8 Å². The van der Waals surface area contributed by atoms with Crippen molar-refractivity contribution in [1.82, 2.24) is 9.80 Å². The Balaban J connectivity index is 6.64. The van der Waals surface area contributed by atoms with E-state index in [2.05, 4.69) is 0 Å². The van der Waals surface area contributed by atoms with Crippen molar-refractivity contribution in [2.24, 2.45) is 0 Å². The van der Waals surface area contributed by atoms with Crippen molar-refractivity contribution in [1.29, 1.82) is 0 Å². The van der Waals surface area contributed by atoms with Crippen molar-refractivity contribution in [2.75, 3.05) is 20.0 Å². The minimum absolute atomic E-state index is 1.02. The van der Waals surface area contributed by atoms with Crippen molar-refractivity contribution >= 4 is 44.1 Å². The highest BCUT2D eigenvalue weighted by atomic mass is 32.3. The number of carbonyl (C=O) groups is 4. The molecular weight excluding hydrogens is 480 g/mol. The molecule has 29 heavy (non-hydrogen) atoms. The predicted octanol–water partition coefficient (Wildman–Crippen LogP) is -0.623. The summed E-state index contributed by atoms with van der Waals surface area (Å²) in [5.41, 5.74) is 0. The Labute approximate surface area is 155 Å². The van der Waals surface area contributed by atoms with Gasteiger partial charge in [-0.2, -0.15) is 34.4 Å². The summed E-state index contributed by atoms with van der Waals surface area (Å²) < 4.78 is 144. The molecule has 168 valence electrons. The van der Waals surface area contributed by atoms with Crippen LogP contribution >= 0.6 is 0 Å². The van der Waals surface area contributed by atoms with Gasteiger partial charge in [-0.3, -0.25) is 29.0 Å². The van der Waals surface area contributed by atoms with E-state index in [0.29, 0.717) is 0 Å². The molecule has 0 aliphatic heterocycles. The van der Waals surface area contributed by atoms with Crippen LogP contribution < -0.4 is 0 Å². The average molecular weight is 486 g/mol. The third-order valence-corrected chi connectivity index (χ3v) is 4.29. The third-order valence-electron chi connectivity index (χ3n) is 2.71. The van der Waals surface area contributed by atoms with Gasteiger partial charge in [0.1, 0.15) is 6.67 Å². The zero-order valence-electron chi connectivity index (χ0n) is 13.1. The van der Waals surface area contributed by atoms with Gasteiger partial charge in [0.15, 0.2) is 13.3 Å². The van der Waals surface area contributed by atoms with Crippen LogP contribution in [0.1, 0.15) is 0 Å². The summed E-state index contributed by atoms with van der Waals surface area (Å²) in [5, 5.41) is -12.8. The molecule has 0 heterocycles. The largest absolute Gasteiger partial charge is 0.451 e. The number of hydrogen-bond donors (Lipinski definition) is 0. The molecule has 0 saturated carbocycles. The Morgan fingerprint density at radius 2 is 0.931 bits per heavy atom. The van der Waals surface area contributed by atoms with E-state index in [1.807, 2.05) is 0 Å². The number of hydrogen-bond acceptors (Lipinski definition) is 8. The van der Waals surface area contributed by atoms with Gasteiger partial charge in [0, 0.05) is 0 Å². The molecule has 0 spiro atoms. The van der Waals surface area contributed by atoms with Gasteiger partial charge in [0.05, 0.1) is 0 Å². The molecule has 0 N–H and O–H groups in total. The number of rotatable bonds is 8. The summed E-state index contributed by atoms with van der Waals surface area (Å²) in [6.07, 6.45) is 0. The maximum atomic E-state index is 13.3. The SMILES string of the molecule is O=C(CF)N(CN(C(=O)C(F)(F)S(=O)(=O)F)C(=O)C(F)(F)S(=O)(=O)F)C(=O)CF. The number of halogens is 8. The second kappa shape index (κ2) is 8.55. The average Bonchev–Trinajstić information content (AvgIpc) is 2.58. The van der Waals surface area contributed by atoms with Gasteiger partial charge in [0.2, 0.25) is 0 Å². The first-order valence-electron chi connectivity index (χ1n) is 6.22. The number of alkyl halides is 6. The highest BCUT2D eigenvalue weighted by Crippen LogP contribution is 2.31. The zero-order valence-corrected chi connectivity index (χ0v) is 14.8. The number of carbonyl (C=O) groups excluding carboxylic acids is 4. The van der Waals surface area contributed by atoms with Gasteiger partial charge in [-0.1, -0.05) is 7.77 Å². The number of amides is 4. The second-order valence-electron chi connectivity index (χ2n) is 4.57. The van der Waals surface area contributed by atoms with Gasteiger partial charge < -0.3 is 0 Å². The van der Waals surface area contributed by atoms with Crippen LogP contribution in [-0.4, -0.2) is 80.8 Å². The van der Waals surface area contributed by atoms with Crippen molar-refractivity contribution in [3.8, 4) is 0 Å². The van der Waals surface area contributed by atoms with Crippen molar-refractivity contribution in [3.05, 3.63) is 0 Å². The molecule has 0 atom stereocenters.